The summed E-state index contributed by atoms with van der Waals surface area (Å²) in [7, 11) is 1.70. The van der Waals surface area contributed by atoms with Crippen LogP contribution >= 0.6 is 0 Å². The normalized spacial score (nSPS) is 21.0. The summed E-state index contributed by atoms with van der Waals surface area (Å²) in [6.07, 6.45) is 10.9. The van der Waals surface area contributed by atoms with Gasteiger partial charge in [-0.2, -0.15) is 0 Å². The average molecular weight is 266 g/mol. The van der Waals surface area contributed by atoms with Crippen LogP contribution in [0.25, 0.3) is 0 Å². The lowest BCUT2D eigenvalue weighted by molar-refractivity contribution is -0.148. The second-order valence-electron chi connectivity index (χ2n) is 6.67. The Morgan fingerprint density at radius 1 is 1.16 bits per heavy atom. The molecule has 1 rings (SSSR count). The highest BCUT2D eigenvalue weighted by atomic mass is 16.5. The molecule has 0 radical (unpaired) electrons. The van der Waals surface area contributed by atoms with E-state index in [0.29, 0.717) is 17.6 Å². The summed E-state index contributed by atoms with van der Waals surface area (Å²) in [5.41, 5.74) is -0.111. The van der Waals surface area contributed by atoms with Crippen LogP contribution < -0.4 is 0 Å². The Morgan fingerprint density at radius 3 is 2.32 bits per heavy atom. The third-order valence-electron chi connectivity index (χ3n) is 4.62. The molecular weight excluding hydrogens is 236 g/mol. The first kappa shape index (κ1) is 16.4. The van der Waals surface area contributed by atoms with Crippen LogP contribution in [-0.2, 0) is 9.53 Å². The predicted molar refractivity (Wildman–Crippen MR) is 80.3 cm³/mol. The van der Waals surface area contributed by atoms with Crippen LogP contribution in [0.4, 0.5) is 0 Å². The monoisotopic (exact) mass is 266 g/mol. The van der Waals surface area contributed by atoms with Crippen LogP contribution in [-0.4, -0.2) is 18.5 Å². The van der Waals surface area contributed by atoms with Gasteiger partial charge in [0.2, 0.25) is 0 Å². The van der Waals surface area contributed by atoms with E-state index in [0.717, 1.165) is 51.4 Å². The number of ether oxygens (including phenoxy) is 1. The minimum absolute atomic E-state index is 0.323. The fourth-order valence-electron chi connectivity index (χ4n) is 2.91. The summed E-state index contributed by atoms with van der Waals surface area (Å²) < 4.78 is 5.65. The van der Waals surface area contributed by atoms with Crippen molar-refractivity contribution in [1.29, 1.82) is 0 Å². The lowest BCUT2D eigenvalue weighted by atomic mass is 9.69. The van der Waals surface area contributed by atoms with Crippen molar-refractivity contribution in [3.8, 4) is 0 Å². The second kappa shape index (κ2) is 7.23. The number of rotatable bonds is 8. The van der Waals surface area contributed by atoms with Crippen molar-refractivity contribution in [3.63, 3.8) is 0 Å². The quantitative estimate of drug-likeness (QED) is 0.471. The molecule has 0 aromatic rings. The fourth-order valence-corrected chi connectivity index (χ4v) is 2.91. The number of carbonyl (C=O) groups excluding carboxylic acids is 1. The molecule has 0 N–H and O–H groups in total. The summed E-state index contributed by atoms with van der Waals surface area (Å²) in [6, 6.07) is 0. The minimum atomic E-state index is -0.478. The molecule has 0 spiro atoms. The molecule has 2 nitrogen and oxygen atoms in total. The van der Waals surface area contributed by atoms with Crippen molar-refractivity contribution in [2.75, 3.05) is 7.11 Å². The maximum absolute atomic E-state index is 12.4. The molecule has 0 aromatic heterocycles. The van der Waals surface area contributed by atoms with Crippen molar-refractivity contribution in [2.24, 2.45) is 5.41 Å². The highest BCUT2D eigenvalue weighted by molar-refractivity contribution is 5.87. The summed E-state index contributed by atoms with van der Waals surface area (Å²) in [4.78, 5) is 12.4. The zero-order valence-electron chi connectivity index (χ0n) is 13.0. The molecule has 1 fully saturated rings. The summed E-state index contributed by atoms with van der Waals surface area (Å²) in [6.45, 7) is 8.29. The maximum atomic E-state index is 12.4. The van der Waals surface area contributed by atoms with Crippen LogP contribution in [0.5, 0.6) is 0 Å². The number of methoxy groups -OCH3 is 1. The number of allylic oxidation sites excluding steroid dienone is 1. The van der Waals surface area contributed by atoms with Gasteiger partial charge in [0.15, 0.2) is 5.78 Å². The van der Waals surface area contributed by atoms with Crippen LogP contribution in [0.2, 0.25) is 0 Å². The minimum Gasteiger partial charge on any atom is -0.370 e. The second-order valence-corrected chi connectivity index (χ2v) is 6.67. The third kappa shape index (κ3) is 4.76. The molecule has 1 aliphatic carbocycles. The highest BCUT2D eigenvalue weighted by Crippen LogP contribution is 2.42. The molecule has 0 aromatic carbocycles. The van der Waals surface area contributed by atoms with Crippen molar-refractivity contribution in [1.82, 2.24) is 0 Å². The number of Topliss-reactive ketones (excluding diaryl/α,β-unsaturated/α-hetero) is 1. The van der Waals surface area contributed by atoms with Gasteiger partial charge in [-0.25, -0.2) is 0 Å². The number of unbranched alkanes of at least 4 members (excludes halogenated alkanes) is 3. The zero-order chi connectivity index (χ0) is 14.4. The van der Waals surface area contributed by atoms with E-state index >= 15 is 0 Å². The Labute approximate surface area is 118 Å². The summed E-state index contributed by atoms with van der Waals surface area (Å²) >= 11 is 0. The van der Waals surface area contributed by atoms with Gasteiger partial charge in [0, 0.05) is 13.5 Å². The van der Waals surface area contributed by atoms with Gasteiger partial charge in [-0.05, 0) is 50.4 Å². The first-order valence-electron chi connectivity index (χ1n) is 7.65. The van der Waals surface area contributed by atoms with Gasteiger partial charge < -0.3 is 4.74 Å². The lowest BCUT2D eigenvalue weighted by Crippen LogP contribution is -2.45. The average Bonchev–Trinajstić information content (AvgIpc) is 2.39. The van der Waals surface area contributed by atoms with E-state index in [1.54, 1.807) is 7.11 Å². The Morgan fingerprint density at radius 2 is 1.79 bits per heavy atom. The van der Waals surface area contributed by atoms with Gasteiger partial charge in [-0.1, -0.05) is 26.3 Å². The van der Waals surface area contributed by atoms with E-state index in [-0.39, 0.29) is 0 Å². The van der Waals surface area contributed by atoms with Gasteiger partial charge in [0.05, 0.1) is 0 Å². The molecule has 1 saturated carbocycles. The standard InChI is InChI=1S/C17H30O2/c1-5-6-7-8-9-10-15(18)17(19-4)13-11-16(2,3)12-14-17/h5H,1,6-14H2,2-4H3. The summed E-state index contributed by atoms with van der Waals surface area (Å²) in [5, 5.41) is 0. The summed E-state index contributed by atoms with van der Waals surface area (Å²) in [5.74, 6) is 0.323. The molecular formula is C17H30O2. The number of hydrogen-bond acceptors (Lipinski definition) is 2. The number of carbonyl (C=O) groups is 1. The molecule has 0 heterocycles. The SMILES string of the molecule is C=CCCCCCC(=O)C1(OC)CCC(C)(C)CC1. The molecule has 0 saturated heterocycles. The van der Waals surface area contributed by atoms with E-state index in [2.05, 4.69) is 20.4 Å². The Balaban J connectivity index is 2.41. The largest absolute Gasteiger partial charge is 0.370 e. The molecule has 0 amide bonds. The zero-order valence-corrected chi connectivity index (χ0v) is 13.0. The van der Waals surface area contributed by atoms with Crippen LogP contribution in [0.1, 0.15) is 71.6 Å². The molecule has 0 unspecified atom stereocenters. The smallest absolute Gasteiger partial charge is 0.164 e. The number of hydrogen-bond donors (Lipinski definition) is 0. The maximum Gasteiger partial charge on any atom is 0.164 e. The Bertz CT molecular complexity index is 294. The van der Waals surface area contributed by atoms with Crippen LogP contribution in [0.15, 0.2) is 12.7 Å². The first-order chi connectivity index (χ1) is 8.96. The highest BCUT2D eigenvalue weighted by Gasteiger charge is 2.43. The molecule has 0 aliphatic heterocycles. The van der Waals surface area contributed by atoms with Crippen LogP contribution in [0, 0.1) is 5.41 Å². The number of ketones is 1. The fraction of sp³-hybridized carbons (Fsp3) is 0.824. The third-order valence-corrected chi connectivity index (χ3v) is 4.62. The lowest BCUT2D eigenvalue weighted by Gasteiger charge is -2.41. The molecule has 0 bridgehead atoms. The van der Waals surface area contributed by atoms with Crippen molar-refractivity contribution in [2.45, 2.75) is 77.2 Å². The molecule has 110 valence electrons. The van der Waals surface area contributed by atoms with Gasteiger partial charge in [-0.15, -0.1) is 6.58 Å². The van der Waals surface area contributed by atoms with E-state index in [4.69, 9.17) is 4.74 Å². The van der Waals surface area contributed by atoms with E-state index in [1.165, 1.54) is 0 Å². The molecule has 0 atom stereocenters. The Hall–Kier alpha value is -0.630. The van der Waals surface area contributed by atoms with E-state index in [9.17, 15) is 4.79 Å². The van der Waals surface area contributed by atoms with Gasteiger partial charge >= 0.3 is 0 Å². The van der Waals surface area contributed by atoms with Crippen molar-refractivity contribution >= 4 is 5.78 Å². The molecule has 2 heteroatoms. The predicted octanol–water partition coefficient (Wildman–Crippen LogP) is 4.68. The van der Waals surface area contributed by atoms with E-state index in [1.807, 2.05) is 6.08 Å². The van der Waals surface area contributed by atoms with Gasteiger partial charge in [0.25, 0.3) is 0 Å². The van der Waals surface area contributed by atoms with Crippen molar-refractivity contribution in [3.05, 3.63) is 12.7 Å². The van der Waals surface area contributed by atoms with Gasteiger partial charge in [-0.3, -0.25) is 4.79 Å². The van der Waals surface area contributed by atoms with Crippen molar-refractivity contribution < 1.29 is 9.53 Å². The molecule has 19 heavy (non-hydrogen) atoms. The van der Waals surface area contributed by atoms with E-state index < -0.39 is 5.60 Å². The first-order valence-corrected chi connectivity index (χ1v) is 7.65. The Kier molecular flexibility index (Phi) is 6.25. The van der Waals surface area contributed by atoms with Crippen LogP contribution in [0.3, 0.4) is 0 Å². The molecule has 1 aliphatic rings. The van der Waals surface area contributed by atoms with Gasteiger partial charge in [0.1, 0.15) is 5.60 Å². The topological polar surface area (TPSA) is 26.3 Å².